The van der Waals surface area contributed by atoms with Gasteiger partial charge in [0.2, 0.25) is 15.8 Å². The van der Waals surface area contributed by atoms with Gasteiger partial charge in [0.25, 0.3) is 0 Å². The maximum atomic E-state index is 13.4. The van der Waals surface area contributed by atoms with Crippen molar-refractivity contribution in [1.29, 1.82) is 0 Å². The summed E-state index contributed by atoms with van der Waals surface area (Å²) in [6, 6.07) is 1.60. The second-order valence-corrected chi connectivity index (χ2v) is 5.85. The molecule has 1 aromatic rings. The van der Waals surface area contributed by atoms with Crippen LogP contribution >= 0.6 is 0 Å². The van der Waals surface area contributed by atoms with Gasteiger partial charge in [-0.25, -0.2) is 8.42 Å². The Morgan fingerprint density at radius 3 is 2.29 bits per heavy atom. The Hall–Kier alpha value is -1.75. The fourth-order valence-electron chi connectivity index (χ4n) is 1.51. The third-order valence-corrected chi connectivity index (χ3v) is 4.38. The summed E-state index contributed by atoms with van der Waals surface area (Å²) in [4.78, 5) is 8.57. The molecule has 118 valence electrons. The highest BCUT2D eigenvalue weighted by atomic mass is 32.2. The van der Waals surface area contributed by atoms with Crippen LogP contribution in [0.15, 0.2) is 23.1 Å². The van der Waals surface area contributed by atoms with E-state index < -0.39 is 50.6 Å². The lowest BCUT2D eigenvalue weighted by molar-refractivity contribution is -0.387. The molecule has 0 radical (unpaired) electrons. The molecule has 0 N–H and O–H groups in total. The average Bonchev–Trinajstić information content (AvgIpc) is 2.34. The van der Waals surface area contributed by atoms with Crippen molar-refractivity contribution in [2.75, 3.05) is 13.1 Å². The van der Waals surface area contributed by atoms with Crippen molar-refractivity contribution in [3.63, 3.8) is 0 Å². The van der Waals surface area contributed by atoms with Crippen LogP contribution in [-0.2, 0) is 10.0 Å². The molecule has 0 saturated heterocycles. The Kier molecular flexibility index (Phi) is 4.89. The highest BCUT2D eigenvalue weighted by molar-refractivity contribution is 7.89. The lowest BCUT2D eigenvalue weighted by atomic mass is 10.3. The van der Waals surface area contributed by atoms with Crippen molar-refractivity contribution in [1.82, 2.24) is 4.31 Å². The number of halogens is 4. The summed E-state index contributed by atoms with van der Waals surface area (Å²) < 4.78 is 74.4. The Bertz CT molecular complexity index is 645. The summed E-state index contributed by atoms with van der Waals surface area (Å²) in [5.74, 6) is -1.44. The van der Waals surface area contributed by atoms with Crippen LogP contribution in [0, 0.1) is 15.9 Å². The third kappa shape index (κ3) is 4.11. The van der Waals surface area contributed by atoms with Crippen LogP contribution in [-0.4, -0.2) is 36.9 Å². The van der Waals surface area contributed by atoms with Crippen LogP contribution in [0.2, 0.25) is 0 Å². The molecule has 0 atom stereocenters. The first-order valence-corrected chi connectivity index (χ1v) is 6.94. The molecule has 0 fully saturated rings. The van der Waals surface area contributed by atoms with Crippen molar-refractivity contribution in [3.05, 3.63) is 34.1 Å². The zero-order chi connectivity index (χ0) is 16.4. The van der Waals surface area contributed by atoms with Gasteiger partial charge >= 0.3 is 11.9 Å². The smallest absolute Gasteiger partial charge is 0.258 e. The van der Waals surface area contributed by atoms with Gasteiger partial charge in [-0.3, -0.25) is 10.1 Å². The van der Waals surface area contributed by atoms with Gasteiger partial charge in [0.05, 0.1) is 9.82 Å². The number of benzene rings is 1. The fraction of sp³-hybridized carbons (Fsp3) is 0.400. The molecule has 1 rings (SSSR count). The maximum absolute atomic E-state index is 13.4. The second-order valence-electron chi connectivity index (χ2n) is 3.92. The normalized spacial score (nSPS) is 12.7. The van der Waals surface area contributed by atoms with Crippen molar-refractivity contribution < 1.29 is 30.9 Å². The second kappa shape index (κ2) is 5.93. The van der Waals surface area contributed by atoms with E-state index in [1.807, 2.05) is 0 Å². The topological polar surface area (TPSA) is 80.5 Å². The minimum absolute atomic E-state index is 0.105. The van der Waals surface area contributed by atoms with Crippen LogP contribution in [0.5, 0.6) is 0 Å². The first kappa shape index (κ1) is 17.3. The predicted molar refractivity (Wildman–Crippen MR) is 63.5 cm³/mol. The van der Waals surface area contributed by atoms with Gasteiger partial charge in [-0.2, -0.15) is 21.9 Å². The molecule has 0 saturated carbocycles. The van der Waals surface area contributed by atoms with E-state index >= 15 is 0 Å². The highest BCUT2D eigenvalue weighted by Gasteiger charge is 2.36. The highest BCUT2D eigenvalue weighted by Crippen LogP contribution is 2.25. The first-order valence-electron chi connectivity index (χ1n) is 5.50. The van der Waals surface area contributed by atoms with Crippen molar-refractivity contribution in [2.24, 2.45) is 0 Å². The number of hydrogen-bond acceptors (Lipinski definition) is 4. The van der Waals surface area contributed by atoms with Crippen LogP contribution in [0.3, 0.4) is 0 Å². The number of nitro groups is 1. The number of rotatable bonds is 5. The Balaban J connectivity index is 3.23. The molecule has 0 heterocycles. The zero-order valence-electron chi connectivity index (χ0n) is 10.6. The van der Waals surface area contributed by atoms with Crippen LogP contribution in [0.4, 0.5) is 23.2 Å². The standard InChI is InChI=1S/C10H10F4N2O4S/c1-2-15(6-10(12,13)14)21(19,20)7-3-4-9(16(17)18)8(11)5-7/h3-5H,2,6H2,1H3. The molecule has 1 aromatic carbocycles. The van der Waals surface area contributed by atoms with Crippen LogP contribution in [0.25, 0.3) is 0 Å². The summed E-state index contributed by atoms with van der Waals surface area (Å²) in [5.41, 5.74) is -0.965. The van der Waals surface area contributed by atoms with Gasteiger partial charge < -0.3 is 0 Å². The predicted octanol–water partition coefficient (Wildman–Crippen LogP) is 2.31. The molecule has 0 bridgehead atoms. The number of hydrogen-bond donors (Lipinski definition) is 0. The summed E-state index contributed by atoms with van der Waals surface area (Å²) in [7, 11) is -4.60. The van der Waals surface area contributed by atoms with E-state index in [0.29, 0.717) is 18.2 Å². The van der Waals surface area contributed by atoms with E-state index in [9.17, 15) is 36.1 Å². The van der Waals surface area contributed by atoms with Gasteiger partial charge in [-0.1, -0.05) is 6.92 Å². The van der Waals surface area contributed by atoms with E-state index in [-0.39, 0.29) is 4.31 Å². The SMILES string of the molecule is CCN(CC(F)(F)F)S(=O)(=O)c1ccc([N+](=O)[O-])c(F)c1. The average molecular weight is 330 g/mol. The quantitative estimate of drug-likeness (QED) is 0.471. The maximum Gasteiger partial charge on any atom is 0.402 e. The first-order chi connectivity index (χ1) is 9.49. The third-order valence-electron chi connectivity index (χ3n) is 2.46. The van der Waals surface area contributed by atoms with E-state index in [4.69, 9.17) is 0 Å². The number of nitrogens with zero attached hydrogens (tertiary/aromatic N) is 2. The molecule has 0 aliphatic rings. The van der Waals surface area contributed by atoms with Gasteiger partial charge in [0.1, 0.15) is 6.54 Å². The molecule has 0 aliphatic carbocycles. The Morgan fingerprint density at radius 2 is 1.90 bits per heavy atom. The van der Waals surface area contributed by atoms with Gasteiger partial charge in [-0.15, -0.1) is 0 Å². The number of sulfonamides is 1. The molecular weight excluding hydrogens is 320 g/mol. The minimum atomic E-state index is -4.76. The van der Waals surface area contributed by atoms with Gasteiger partial charge in [-0.05, 0) is 6.07 Å². The molecule has 11 heteroatoms. The molecule has 0 unspecified atom stereocenters. The molecule has 0 spiro atoms. The summed E-state index contributed by atoms with van der Waals surface area (Å²) in [6.45, 7) is -1.03. The fourth-order valence-corrected chi connectivity index (χ4v) is 2.96. The van der Waals surface area contributed by atoms with Crippen LogP contribution in [0.1, 0.15) is 6.92 Å². The molecule has 6 nitrogen and oxygen atoms in total. The molecule has 0 aromatic heterocycles. The van der Waals surface area contributed by atoms with Crippen molar-refractivity contribution in [2.45, 2.75) is 18.0 Å². The van der Waals surface area contributed by atoms with Crippen molar-refractivity contribution in [3.8, 4) is 0 Å². The van der Waals surface area contributed by atoms with E-state index in [0.717, 1.165) is 0 Å². The molecule has 0 amide bonds. The molecular formula is C10H10F4N2O4S. The van der Waals surface area contributed by atoms with E-state index in [1.54, 1.807) is 0 Å². The lowest BCUT2D eigenvalue weighted by Crippen LogP contribution is -2.38. The molecule has 0 aliphatic heterocycles. The lowest BCUT2D eigenvalue weighted by Gasteiger charge is -2.21. The monoisotopic (exact) mass is 330 g/mol. The number of nitro benzene ring substituents is 1. The van der Waals surface area contributed by atoms with E-state index in [2.05, 4.69) is 0 Å². The summed E-state index contributed by atoms with van der Waals surface area (Å²) in [5, 5.41) is 10.4. The van der Waals surface area contributed by atoms with E-state index in [1.165, 1.54) is 6.92 Å². The summed E-state index contributed by atoms with van der Waals surface area (Å²) in [6.07, 6.45) is -4.76. The molecule has 21 heavy (non-hydrogen) atoms. The largest absolute Gasteiger partial charge is 0.402 e. The van der Waals surface area contributed by atoms with Gasteiger partial charge in [0, 0.05) is 18.7 Å². The Labute approximate surface area is 117 Å². The van der Waals surface area contributed by atoms with Crippen molar-refractivity contribution >= 4 is 15.7 Å². The number of alkyl halides is 3. The Morgan fingerprint density at radius 1 is 1.33 bits per heavy atom. The van der Waals surface area contributed by atoms with Crippen LogP contribution < -0.4 is 0 Å². The summed E-state index contributed by atoms with van der Waals surface area (Å²) >= 11 is 0. The minimum Gasteiger partial charge on any atom is -0.258 e. The van der Waals surface area contributed by atoms with Gasteiger partial charge in [0.15, 0.2) is 0 Å². The zero-order valence-corrected chi connectivity index (χ0v) is 11.4.